The second kappa shape index (κ2) is 6.89. The van der Waals surface area contributed by atoms with Crippen LogP contribution in [-0.4, -0.2) is 39.0 Å². The highest BCUT2D eigenvalue weighted by Gasteiger charge is 2.31. The number of rotatable bonds is 5. The molecule has 1 aliphatic heterocycles. The lowest BCUT2D eigenvalue weighted by Gasteiger charge is -2.33. The lowest BCUT2D eigenvalue weighted by molar-refractivity contribution is -0.152. The number of thiazole rings is 1. The molecule has 1 fully saturated rings. The Bertz CT molecular complexity index is 578. The van der Waals surface area contributed by atoms with Gasteiger partial charge in [0.1, 0.15) is 6.04 Å². The monoisotopic (exact) mass is 312 g/mol. The summed E-state index contributed by atoms with van der Waals surface area (Å²) in [4.78, 5) is 36.4. The molecule has 0 saturated carbocycles. The van der Waals surface area contributed by atoms with E-state index in [0.29, 0.717) is 25.9 Å². The molecule has 0 spiro atoms. The van der Waals surface area contributed by atoms with E-state index in [1.165, 1.54) is 4.90 Å². The first-order valence-electron chi connectivity index (χ1n) is 7.18. The number of aliphatic carboxylic acids is 1. The van der Waals surface area contributed by atoms with Crippen LogP contribution in [0.3, 0.4) is 0 Å². The summed E-state index contributed by atoms with van der Waals surface area (Å²) in [6.45, 7) is 2.89. The van der Waals surface area contributed by atoms with Crippen molar-refractivity contribution in [3.63, 3.8) is 0 Å². The third-order valence-corrected chi connectivity index (χ3v) is 4.74. The minimum atomic E-state index is -0.923. The molecule has 0 bridgehead atoms. The predicted molar refractivity (Wildman–Crippen MR) is 79.5 cm³/mol. The molecule has 21 heavy (non-hydrogen) atoms. The zero-order valence-electron chi connectivity index (χ0n) is 12.1. The van der Waals surface area contributed by atoms with Crippen molar-refractivity contribution in [1.29, 1.82) is 0 Å². The van der Waals surface area contributed by atoms with Gasteiger partial charge in [-0.15, -0.1) is 0 Å². The van der Waals surface area contributed by atoms with E-state index in [-0.39, 0.29) is 17.2 Å². The van der Waals surface area contributed by atoms with Gasteiger partial charge in [0.2, 0.25) is 5.91 Å². The van der Waals surface area contributed by atoms with Crippen LogP contribution >= 0.6 is 11.3 Å². The molecule has 7 heteroatoms. The van der Waals surface area contributed by atoms with Crippen LogP contribution in [0.1, 0.15) is 37.8 Å². The van der Waals surface area contributed by atoms with E-state index in [1.807, 2.05) is 6.92 Å². The first-order chi connectivity index (χ1) is 10.0. The second-order valence-corrected chi connectivity index (χ2v) is 6.16. The summed E-state index contributed by atoms with van der Waals surface area (Å²) in [5.74, 6) is -1.05. The summed E-state index contributed by atoms with van der Waals surface area (Å²) in [6, 6.07) is -0.683. The Labute approximate surface area is 127 Å². The van der Waals surface area contributed by atoms with Crippen molar-refractivity contribution in [2.75, 3.05) is 6.54 Å². The SMILES string of the molecule is Cc1csc(=O)n1CCCC(=O)N1CCCC[C@H]1C(=O)O. The highest BCUT2D eigenvalue weighted by Crippen LogP contribution is 2.18. The Balaban J connectivity index is 1.89. The Morgan fingerprint density at radius 2 is 2.19 bits per heavy atom. The Kier molecular flexibility index (Phi) is 5.17. The van der Waals surface area contributed by atoms with Gasteiger partial charge in [0.25, 0.3) is 0 Å². The average Bonchev–Trinajstić information content (AvgIpc) is 2.78. The van der Waals surface area contributed by atoms with Crippen molar-refractivity contribution < 1.29 is 14.7 Å². The molecule has 0 radical (unpaired) electrons. The number of aryl methyl sites for hydroxylation is 1. The summed E-state index contributed by atoms with van der Waals surface area (Å²) in [5, 5.41) is 11.0. The van der Waals surface area contributed by atoms with Crippen molar-refractivity contribution in [2.24, 2.45) is 0 Å². The molecule has 0 unspecified atom stereocenters. The highest BCUT2D eigenvalue weighted by atomic mass is 32.1. The number of carbonyl (C=O) groups is 2. The molecule has 0 aromatic carbocycles. The van der Waals surface area contributed by atoms with Gasteiger partial charge in [-0.05, 0) is 32.6 Å². The number of amides is 1. The summed E-state index contributed by atoms with van der Waals surface area (Å²) in [6.07, 6.45) is 3.08. The fourth-order valence-electron chi connectivity index (χ4n) is 2.69. The van der Waals surface area contributed by atoms with Gasteiger partial charge in [0.15, 0.2) is 0 Å². The minimum Gasteiger partial charge on any atom is -0.480 e. The normalized spacial score (nSPS) is 18.7. The number of aromatic nitrogens is 1. The third kappa shape index (κ3) is 3.72. The number of carboxylic acids is 1. The van der Waals surface area contributed by atoms with Gasteiger partial charge >= 0.3 is 10.8 Å². The Hall–Kier alpha value is -1.63. The van der Waals surface area contributed by atoms with Gasteiger partial charge in [0.05, 0.1) is 0 Å². The minimum absolute atomic E-state index is 0.0127. The molecular weight excluding hydrogens is 292 g/mol. The fraction of sp³-hybridized carbons (Fsp3) is 0.643. The molecule has 1 aromatic heterocycles. The van der Waals surface area contributed by atoms with Crippen molar-refractivity contribution in [3.8, 4) is 0 Å². The number of hydrogen-bond donors (Lipinski definition) is 1. The van der Waals surface area contributed by atoms with Crippen LogP contribution in [-0.2, 0) is 16.1 Å². The second-order valence-electron chi connectivity index (χ2n) is 5.34. The van der Waals surface area contributed by atoms with Crippen LogP contribution in [0.4, 0.5) is 0 Å². The van der Waals surface area contributed by atoms with Crippen LogP contribution in [0, 0.1) is 6.92 Å². The first-order valence-corrected chi connectivity index (χ1v) is 8.06. The molecular formula is C14H20N2O4S. The number of piperidine rings is 1. The molecule has 1 N–H and O–H groups in total. The summed E-state index contributed by atoms with van der Waals surface area (Å²) in [7, 11) is 0. The van der Waals surface area contributed by atoms with Gasteiger partial charge in [-0.25, -0.2) is 4.79 Å². The number of likely N-dealkylation sites (tertiary alicyclic amines) is 1. The smallest absolute Gasteiger partial charge is 0.326 e. The number of nitrogens with zero attached hydrogens (tertiary/aromatic N) is 2. The van der Waals surface area contributed by atoms with E-state index in [4.69, 9.17) is 5.11 Å². The fourth-order valence-corrected chi connectivity index (χ4v) is 3.45. The first kappa shape index (κ1) is 15.8. The molecule has 1 aliphatic rings. The van der Waals surface area contributed by atoms with Crippen molar-refractivity contribution >= 4 is 23.2 Å². The van der Waals surface area contributed by atoms with E-state index in [0.717, 1.165) is 29.9 Å². The van der Waals surface area contributed by atoms with E-state index in [1.54, 1.807) is 9.95 Å². The van der Waals surface area contributed by atoms with Crippen LogP contribution in [0.25, 0.3) is 0 Å². The largest absolute Gasteiger partial charge is 0.480 e. The van der Waals surface area contributed by atoms with E-state index in [9.17, 15) is 14.4 Å². The van der Waals surface area contributed by atoms with Crippen LogP contribution in [0.15, 0.2) is 10.2 Å². The summed E-state index contributed by atoms with van der Waals surface area (Å²) >= 11 is 1.16. The molecule has 116 valence electrons. The lowest BCUT2D eigenvalue weighted by atomic mass is 10.0. The number of hydrogen-bond acceptors (Lipinski definition) is 4. The van der Waals surface area contributed by atoms with Gasteiger partial charge in [0, 0.05) is 30.6 Å². The van der Waals surface area contributed by atoms with Gasteiger partial charge in [-0.3, -0.25) is 9.59 Å². The number of carboxylic acid groups (broad SMARTS) is 1. The van der Waals surface area contributed by atoms with E-state index < -0.39 is 12.0 Å². The average molecular weight is 312 g/mol. The summed E-state index contributed by atoms with van der Waals surface area (Å²) in [5.41, 5.74) is 0.902. The maximum Gasteiger partial charge on any atom is 0.326 e. The van der Waals surface area contributed by atoms with Gasteiger partial charge in [-0.2, -0.15) is 0 Å². The molecule has 2 rings (SSSR count). The zero-order chi connectivity index (χ0) is 15.4. The number of carbonyl (C=O) groups excluding carboxylic acids is 1. The van der Waals surface area contributed by atoms with Crippen molar-refractivity contribution in [2.45, 2.75) is 51.6 Å². The van der Waals surface area contributed by atoms with Crippen LogP contribution < -0.4 is 4.87 Å². The highest BCUT2D eigenvalue weighted by molar-refractivity contribution is 7.07. The lowest BCUT2D eigenvalue weighted by Crippen LogP contribution is -2.47. The standard InChI is InChI=1S/C14H20N2O4S/c1-10-9-21-14(20)15(10)8-4-6-12(17)16-7-3-2-5-11(16)13(18)19/h9,11H,2-8H2,1H3,(H,18,19)/t11-/m0/s1. The molecule has 1 atom stereocenters. The summed E-state index contributed by atoms with van der Waals surface area (Å²) < 4.78 is 1.66. The van der Waals surface area contributed by atoms with Crippen LogP contribution in [0.5, 0.6) is 0 Å². The molecule has 2 heterocycles. The van der Waals surface area contributed by atoms with E-state index >= 15 is 0 Å². The quantitative estimate of drug-likeness (QED) is 0.893. The zero-order valence-corrected chi connectivity index (χ0v) is 12.9. The maximum absolute atomic E-state index is 12.2. The Morgan fingerprint density at radius 1 is 1.43 bits per heavy atom. The molecule has 0 aliphatic carbocycles. The predicted octanol–water partition coefficient (Wildman–Crippen LogP) is 1.46. The molecule has 1 saturated heterocycles. The maximum atomic E-state index is 12.2. The topological polar surface area (TPSA) is 79.6 Å². The van der Waals surface area contributed by atoms with Crippen molar-refractivity contribution in [3.05, 3.63) is 20.7 Å². The van der Waals surface area contributed by atoms with Crippen LogP contribution in [0.2, 0.25) is 0 Å². The third-order valence-electron chi connectivity index (χ3n) is 3.86. The molecule has 1 aromatic rings. The van der Waals surface area contributed by atoms with Crippen molar-refractivity contribution in [1.82, 2.24) is 9.47 Å². The van der Waals surface area contributed by atoms with Gasteiger partial charge < -0.3 is 14.6 Å². The van der Waals surface area contributed by atoms with Gasteiger partial charge in [-0.1, -0.05) is 11.3 Å². The molecule has 1 amide bonds. The molecule has 6 nitrogen and oxygen atoms in total. The Morgan fingerprint density at radius 3 is 2.81 bits per heavy atom. The van der Waals surface area contributed by atoms with E-state index in [2.05, 4.69) is 0 Å².